The second-order valence-electron chi connectivity index (χ2n) is 9.18. The predicted molar refractivity (Wildman–Crippen MR) is 149 cm³/mol. The first-order chi connectivity index (χ1) is 18.4. The quantitative estimate of drug-likeness (QED) is 0.123. The number of imidazole rings is 2. The van der Waals surface area contributed by atoms with Crippen LogP contribution in [0.4, 0.5) is 5.69 Å². The number of nitrogens with two attached hydrogens (primary N) is 1. The van der Waals surface area contributed by atoms with Gasteiger partial charge in [-0.05, 0) is 67.4 Å². The zero-order valence-corrected chi connectivity index (χ0v) is 21.5. The van der Waals surface area contributed by atoms with Crippen LogP contribution in [0.15, 0.2) is 60.7 Å². The molecule has 5 N–H and O–H groups in total. The van der Waals surface area contributed by atoms with Crippen LogP contribution < -0.4 is 11.1 Å². The molecule has 5 aromatic rings. The van der Waals surface area contributed by atoms with Gasteiger partial charge in [0.2, 0.25) is 0 Å². The number of benzene rings is 3. The molecule has 3 aromatic carbocycles. The average molecular weight is 510 g/mol. The minimum atomic E-state index is -0.212. The van der Waals surface area contributed by atoms with Gasteiger partial charge in [0, 0.05) is 24.2 Å². The molecule has 0 aliphatic rings. The van der Waals surface area contributed by atoms with Crippen molar-refractivity contribution in [2.45, 2.75) is 39.8 Å². The van der Waals surface area contributed by atoms with Crippen molar-refractivity contribution in [2.75, 3.05) is 11.9 Å². The standard InChI is InChI=1S/C29H31N7O2/c1-3-38-27(37)15-14-26-34-22-6-4-5-7-24(22)36(26)17-20-10-13-23-28(18(20)2)35-25(33-23)16-32-21-11-8-19(9-12-21)29(30)31/h4-13,32H,3,14-17H2,1-2H3,(H3,30,31)(H,33,35). The number of anilines is 1. The third-order valence-electron chi connectivity index (χ3n) is 6.64. The van der Waals surface area contributed by atoms with Crippen LogP contribution in [-0.2, 0) is 29.0 Å². The van der Waals surface area contributed by atoms with Crippen LogP contribution in [-0.4, -0.2) is 37.9 Å². The fraction of sp³-hybridized carbons (Fsp3) is 0.241. The van der Waals surface area contributed by atoms with Crippen LogP contribution >= 0.6 is 0 Å². The Kier molecular flexibility index (Phi) is 7.08. The van der Waals surface area contributed by atoms with Crippen molar-refractivity contribution in [1.82, 2.24) is 19.5 Å². The number of ether oxygens (including phenoxy) is 1. The lowest BCUT2D eigenvalue weighted by Crippen LogP contribution is -2.10. The largest absolute Gasteiger partial charge is 0.466 e. The van der Waals surface area contributed by atoms with Gasteiger partial charge in [0.15, 0.2) is 0 Å². The Morgan fingerprint density at radius 1 is 1.11 bits per heavy atom. The second kappa shape index (κ2) is 10.8. The number of carbonyl (C=O) groups excluding carboxylic acids is 1. The van der Waals surface area contributed by atoms with Crippen molar-refractivity contribution >= 4 is 39.6 Å². The maximum absolute atomic E-state index is 12.0. The average Bonchev–Trinajstić information content (AvgIpc) is 3.50. The molecular weight excluding hydrogens is 478 g/mol. The number of hydrogen-bond acceptors (Lipinski definition) is 6. The Balaban J connectivity index is 1.37. The summed E-state index contributed by atoms with van der Waals surface area (Å²) in [7, 11) is 0. The molecule has 0 unspecified atom stereocenters. The van der Waals surface area contributed by atoms with E-state index in [-0.39, 0.29) is 11.8 Å². The van der Waals surface area contributed by atoms with Gasteiger partial charge in [0.1, 0.15) is 17.5 Å². The van der Waals surface area contributed by atoms with Crippen molar-refractivity contribution < 1.29 is 9.53 Å². The summed E-state index contributed by atoms with van der Waals surface area (Å²) in [5, 5.41) is 10.9. The van der Waals surface area contributed by atoms with E-state index in [4.69, 9.17) is 25.8 Å². The van der Waals surface area contributed by atoms with E-state index in [0.29, 0.717) is 38.1 Å². The number of aromatic nitrogens is 4. The molecule has 0 bridgehead atoms. The fourth-order valence-corrected chi connectivity index (χ4v) is 4.62. The summed E-state index contributed by atoms with van der Waals surface area (Å²) in [6.07, 6.45) is 0.808. The van der Waals surface area contributed by atoms with Crippen LogP contribution in [0.3, 0.4) is 0 Å². The van der Waals surface area contributed by atoms with E-state index in [1.54, 1.807) is 0 Å². The van der Waals surface area contributed by atoms with Gasteiger partial charge in [-0.3, -0.25) is 10.2 Å². The summed E-state index contributed by atoms with van der Waals surface area (Å²) >= 11 is 0. The van der Waals surface area contributed by atoms with Gasteiger partial charge in [0.25, 0.3) is 0 Å². The van der Waals surface area contributed by atoms with Gasteiger partial charge in [0.05, 0.1) is 41.6 Å². The van der Waals surface area contributed by atoms with E-state index in [9.17, 15) is 4.79 Å². The Bertz CT molecular complexity index is 1620. The summed E-state index contributed by atoms with van der Waals surface area (Å²) in [6, 6.07) is 19.7. The molecule has 5 rings (SSSR count). The van der Waals surface area contributed by atoms with Crippen LogP contribution in [0, 0.1) is 12.3 Å². The number of aryl methyl sites for hydroxylation is 2. The molecule has 0 atom stereocenters. The monoisotopic (exact) mass is 509 g/mol. The van der Waals surface area contributed by atoms with Crippen LogP contribution in [0.2, 0.25) is 0 Å². The molecule has 38 heavy (non-hydrogen) atoms. The molecule has 0 aliphatic heterocycles. The molecule has 0 fully saturated rings. The Hall–Kier alpha value is -4.66. The minimum Gasteiger partial charge on any atom is -0.466 e. The zero-order valence-electron chi connectivity index (χ0n) is 21.5. The molecular formula is C29H31N7O2. The van der Waals surface area contributed by atoms with E-state index in [1.165, 1.54) is 0 Å². The van der Waals surface area contributed by atoms with Gasteiger partial charge in [-0.15, -0.1) is 0 Å². The number of nitrogens with one attached hydrogen (secondary N) is 3. The van der Waals surface area contributed by atoms with Crippen LogP contribution in [0.1, 0.15) is 41.7 Å². The molecule has 0 amide bonds. The number of aromatic amines is 1. The summed E-state index contributed by atoms with van der Waals surface area (Å²) in [4.78, 5) is 25.1. The van der Waals surface area contributed by atoms with Crippen molar-refractivity contribution in [2.24, 2.45) is 5.73 Å². The smallest absolute Gasteiger partial charge is 0.306 e. The van der Waals surface area contributed by atoms with Crippen LogP contribution in [0.25, 0.3) is 22.1 Å². The summed E-state index contributed by atoms with van der Waals surface area (Å²) < 4.78 is 7.30. The molecule has 0 spiro atoms. The first-order valence-corrected chi connectivity index (χ1v) is 12.7. The number of H-pyrrole nitrogens is 1. The van der Waals surface area contributed by atoms with Crippen molar-refractivity contribution in [3.8, 4) is 0 Å². The molecule has 9 heteroatoms. The van der Waals surface area contributed by atoms with Gasteiger partial charge in [-0.1, -0.05) is 18.2 Å². The number of amidine groups is 1. The maximum atomic E-state index is 12.0. The zero-order chi connectivity index (χ0) is 26.6. The number of para-hydroxylation sites is 2. The first-order valence-electron chi connectivity index (χ1n) is 12.7. The van der Waals surface area contributed by atoms with Crippen molar-refractivity contribution in [3.05, 3.63) is 89.0 Å². The van der Waals surface area contributed by atoms with Crippen molar-refractivity contribution in [1.29, 1.82) is 5.41 Å². The highest BCUT2D eigenvalue weighted by atomic mass is 16.5. The van der Waals surface area contributed by atoms with Gasteiger partial charge < -0.3 is 25.3 Å². The maximum Gasteiger partial charge on any atom is 0.306 e. The Labute approximate surface area is 220 Å². The topological polar surface area (TPSA) is 135 Å². The number of esters is 1. The minimum absolute atomic E-state index is 0.0509. The molecule has 2 aromatic heterocycles. The molecule has 0 saturated carbocycles. The van der Waals surface area contributed by atoms with E-state index >= 15 is 0 Å². The first kappa shape index (κ1) is 25.0. The van der Waals surface area contributed by atoms with Gasteiger partial charge >= 0.3 is 5.97 Å². The molecule has 2 heterocycles. The highest BCUT2D eigenvalue weighted by Crippen LogP contribution is 2.25. The van der Waals surface area contributed by atoms with Crippen LogP contribution in [0.5, 0.6) is 0 Å². The number of nitrogen functional groups attached to an aromatic ring is 1. The lowest BCUT2D eigenvalue weighted by Gasteiger charge is -2.12. The van der Waals surface area contributed by atoms with Crippen molar-refractivity contribution in [3.63, 3.8) is 0 Å². The molecule has 194 valence electrons. The Morgan fingerprint density at radius 3 is 2.66 bits per heavy atom. The lowest BCUT2D eigenvalue weighted by molar-refractivity contribution is -0.143. The molecule has 9 nitrogen and oxygen atoms in total. The number of fused-ring (bicyclic) bond motifs is 2. The third kappa shape index (κ3) is 5.22. The normalized spacial score (nSPS) is 11.2. The van der Waals surface area contributed by atoms with E-state index in [2.05, 4.69) is 40.0 Å². The lowest BCUT2D eigenvalue weighted by atomic mass is 10.1. The van der Waals surface area contributed by atoms with Gasteiger partial charge in [-0.25, -0.2) is 9.97 Å². The summed E-state index contributed by atoms with van der Waals surface area (Å²) in [6.45, 7) is 5.45. The summed E-state index contributed by atoms with van der Waals surface area (Å²) in [5.41, 5.74) is 13.3. The molecule has 0 radical (unpaired) electrons. The third-order valence-corrected chi connectivity index (χ3v) is 6.64. The van der Waals surface area contributed by atoms with E-state index in [1.807, 2.05) is 49.4 Å². The number of rotatable bonds is 10. The second-order valence-corrected chi connectivity index (χ2v) is 9.18. The highest BCUT2D eigenvalue weighted by molar-refractivity contribution is 5.95. The predicted octanol–water partition coefficient (Wildman–Crippen LogP) is 4.66. The number of carbonyl (C=O) groups is 1. The Morgan fingerprint density at radius 2 is 1.89 bits per heavy atom. The fourth-order valence-electron chi connectivity index (χ4n) is 4.62. The SMILES string of the molecule is CCOC(=O)CCc1nc2ccccc2n1Cc1ccc2[nH]c(CNc3ccc(C(=N)N)cc3)nc2c1C. The molecule has 0 saturated heterocycles. The van der Waals surface area contributed by atoms with E-state index in [0.717, 1.165) is 50.5 Å². The number of hydrogen-bond donors (Lipinski definition) is 4. The number of nitrogens with zero attached hydrogens (tertiary/aromatic N) is 3. The highest BCUT2D eigenvalue weighted by Gasteiger charge is 2.16. The van der Waals surface area contributed by atoms with E-state index < -0.39 is 0 Å². The summed E-state index contributed by atoms with van der Waals surface area (Å²) in [5.74, 6) is 1.53. The molecule has 0 aliphatic carbocycles. The van der Waals surface area contributed by atoms with Gasteiger partial charge in [-0.2, -0.15) is 0 Å².